The summed E-state index contributed by atoms with van der Waals surface area (Å²) in [5, 5.41) is 39.1. The third-order valence-electron chi connectivity index (χ3n) is 5.45. The Bertz CT molecular complexity index is 843. The fraction of sp³-hybridized carbons (Fsp3) is 0.478. The van der Waals surface area contributed by atoms with Crippen LogP contribution in [0.2, 0.25) is 0 Å². The second-order valence-electron chi connectivity index (χ2n) is 7.49. The van der Waals surface area contributed by atoms with Crippen molar-refractivity contribution >= 4 is 0 Å². The SMILES string of the molecule is COc1cc(CCc2ccc(O[C@@H]3O[C@H](CO)[C@@H](O)[C@H](O)[C@H]3O)cc2)cc(OC)c1OC. The van der Waals surface area contributed by atoms with Crippen molar-refractivity contribution in [2.24, 2.45) is 0 Å². The number of hydrogen-bond acceptors (Lipinski definition) is 9. The van der Waals surface area contributed by atoms with Crippen molar-refractivity contribution in [1.82, 2.24) is 0 Å². The first-order chi connectivity index (χ1) is 15.4. The van der Waals surface area contributed by atoms with E-state index >= 15 is 0 Å². The quantitative estimate of drug-likeness (QED) is 0.436. The zero-order chi connectivity index (χ0) is 23.3. The van der Waals surface area contributed by atoms with Gasteiger partial charge in [-0.2, -0.15) is 0 Å². The summed E-state index contributed by atoms with van der Waals surface area (Å²) >= 11 is 0. The van der Waals surface area contributed by atoms with E-state index in [4.69, 9.17) is 23.7 Å². The van der Waals surface area contributed by atoms with Crippen molar-refractivity contribution in [3.05, 3.63) is 47.5 Å². The number of ether oxygens (including phenoxy) is 5. The van der Waals surface area contributed by atoms with Crippen LogP contribution in [0.15, 0.2) is 36.4 Å². The highest BCUT2D eigenvalue weighted by Gasteiger charge is 2.44. The summed E-state index contributed by atoms with van der Waals surface area (Å²) in [5.41, 5.74) is 2.08. The number of methoxy groups -OCH3 is 3. The van der Waals surface area contributed by atoms with Gasteiger partial charge in [-0.1, -0.05) is 12.1 Å². The van der Waals surface area contributed by atoms with Gasteiger partial charge in [-0.05, 0) is 48.2 Å². The zero-order valence-electron chi connectivity index (χ0n) is 18.3. The molecule has 0 aromatic heterocycles. The van der Waals surface area contributed by atoms with Crippen molar-refractivity contribution in [3.8, 4) is 23.0 Å². The average molecular weight is 450 g/mol. The second kappa shape index (κ2) is 10.8. The highest BCUT2D eigenvalue weighted by atomic mass is 16.7. The van der Waals surface area contributed by atoms with E-state index in [1.165, 1.54) is 0 Å². The highest BCUT2D eigenvalue weighted by molar-refractivity contribution is 5.54. The number of aliphatic hydroxyl groups is 4. The van der Waals surface area contributed by atoms with Gasteiger partial charge in [0, 0.05) is 0 Å². The smallest absolute Gasteiger partial charge is 0.229 e. The lowest BCUT2D eigenvalue weighted by atomic mass is 9.99. The molecule has 0 saturated carbocycles. The average Bonchev–Trinajstić information content (AvgIpc) is 2.83. The Morgan fingerprint density at radius 1 is 0.781 bits per heavy atom. The summed E-state index contributed by atoms with van der Waals surface area (Å²) in [6.45, 7) is -0.509. The summed E-state index contributed by atoms with van der Waals surface area (Å²) in [4.78, 5) is 0. The maximum Gasteiger partial charge on any atom is 0.229 e. The van der Waals surface area contributed by atoms with Crippen LogP contribution in [0.5, 0.6) is 23.0 Å². The number of benzene rings is 2. The summed E-state index contributed by atoms with van der Waals surface area (Å²) < 4.78 is 27.1. The Morgan fingerprint density at radius 2 is 1.38 bits per heavy atom. The molecule has 3 rings (SSSR count). The van der Waals surface area contributed by atoms with Crippen LogP contribution in [-0.4, -0.2) is 79.1 Å². The largest absolute Gasteiger partial charge is 0.493 e. The van der Waals surface area contributed by atoms with Gasteiger partial charge in [0.25, 0.3) is 0 Å². The van der Waals surface area contributed by atoms with Gasteiger partial charge in [0.15, 0.2) is 11.5 Å². The molecule has 32 heavy (non-hydrogen) atoms. The van der Waals surface area contributed by atoms with E-state index < -0.39 is 37.3 Å². The molecule has 9 heteroatoms. The highest BCUT2D eigenvalue weighted by Crippen LogP contribution is 2.38. The van der Waals surface area contributed by atoms with Gasteiger partial charge in [-0.3, -0.25) is 0 Å². The molecule has 9 nitrogen and oxygen atoms in total. The third kappa shape index (κ3) is 5.25. The van der Waals surface area contributed by atoms with Crippen LogP contribution in [-0.2, 0) is 17.6 Å². The van der Waals surface area contributed by atoms with Crippen molar-refractivity contribution in [2.45, 2.75) is 43.5 Å². The molecule has 0 spiro atoms. The normalized spacial score (nSPS) is 25.3. The molecule has 0 bridgehead atoms. The molecule has 2 aromatic rings. The molecule has 1 heterocycles. The third-order valence-corrected chi connectivity index (χ3v) is 5.45. The molecule has 1 aliphatic heterocycles. The fourth-order valence-electron chi connectivity index (χ4n) is 3.60. The predicted octanol–water partition coefficient (Wildman–Crippen LogP) is 0.676. The molecule has 0 radical (unpaired) electrons. The maximum atomic E-state index is 10.1. The summed E-state index contributed by atoms with van der Waals surface area (Å²) in [6, 6.07) is 11.1. The fourth-order valence-corrected chi connectivity index (χ4v) is 3.60. The molecular formula is C23H30O9. The van der Waals surface area contributed by atoms with Gasteiger partial charge in [-0.25, -0.2) is 0 Å². The van der Waals surface area contributed by atoms with Crippen LogP contribution < -0.4 is 18.9 Å². The number of aryl methyl sites for hydroxylation is 2. The van der Waals surface area contributed by atoms with Crippen molar-refractivity contribution in [2.75, 3.05) is 27.9 Å². The first-order valence-electron chi connectivity index (χ1n) is 10.3. The number of rotatable bonds is 9. The minimum Gasteiger partial charge on any atom is -0.493 e. The van der Waals surface area contributed by atoms with Crippen molar-refractivity contribution < 1.29 is 44.1 Å². The topological polar surface area (TPSA) is 127 Å². The first-order valence-corrected chi connectivity index (χ1v) is 10.3. The summed E-state index contributed by atoms with van der Waals surface area (Å²) in [7, 11) is 4.72. The van der Waals surface area contributed by atoms with Crippen molar-refractivity contribution in [1.29, 1.82) is 0 Å². The zero-order valence-corrected chi connectivity index (χ0v) is 18.3. The molecule has 4 N–H and O–H groups in total. The van der Waals surface area contributed by atoms with E-state index in [2.05, 4.69) is 0 Å². The first kappa shape index (κ1) is 24.1. The van der Waals surface area contributed by atoms with Crippen LogP contribution >= 0.6 is 0 Å². The monoisotopic (exact) mass is 450 g/mol. The lowest BCUT2D eigenvalue weighted by Crippen LogP contribution is -2.60. The minimum atomic E-state index is -1.48. The number of aliphatic hydroxyl groups excluding tert-OH is 4. The van der Waals surface area contributed by atoms with Gasteiger partial charge >= 0.3 is 0 Å². The molecule has 176 valence electrons. The molecule has 5 atom stereocenters. The Morgan fingerprint density at radius 3 is 1.91 bits per heavy atom. The Kier molecular flexibility index (Phi) is 8.16. The summed E-state index contributed by atoms with van der Waals surface area (Å²) in [6.07, 6.45) is -5.10. The van der Waals surface area contributed by atoms with Crippen LogP contribution in [0.25, 0.3) is 0 Å². The molecular weight excluding hydrogens is 420 g/mol. The lowest BCUT2D eigenvalue weighted by molar-refractivity contribution is -0.277. The lowest BCUT2D eigenvalue weighted by Gasteiger charge is -2.39. The molecule has 0 unspecified atom stereocenters. The molecule has 2 aromatic carbocycles. The molecule has 1 fully saturated rings. The molecule has 0 aliphatic carbocycles. The van der Waals surface area contributed by atoms with Gasteiger partial charge in [0.1, 0.15) is 30.2 Å². The van der Waals surface area contributed by atoms with Crippen LogP contribution in [0.4, 0.5) is 0 Å². The van der Waals surface area contributed by atoms with Crippen LogP contribution in [0.3, 0.4) is 0 Å². The standard InChI is InChI=1S/C23H30O9/c1-28-16-10-14(11-17(29-2)22(16)30-3)5-4-13-6-8-15(9-7-13)31-23-21(27)20(26)19(25)18(12-24)32-23/h6-11,18-21,23-27H,4-5,12H2,1-3H3/t18-,19-,20+,21-,23-/m1/s1. The van der Waals surface area contributed by atoms with E-state index in [9.17, 15) is 20.4 Å². The van der Waals surface area contributed by atoms with Gasteiger partial charge in [0.05, 0.1) is 27.9 Å². The molecule has 1 aliphatic rings. The van der Waals surface area contributed by atoms with E-state index in [1.807, 2.05) is 24.3 Å². The van der Waals surface area contributed by atoms with Gasteiger partial charge < -0.3 is 44.1 Å². The Balaban J connectivity index is 1.63. The summed E-state index contributed by atoms with van der Waals surface area (Å²) in [5.74, 6) is 2.18. The molecule has 0 amide bonds. The minimum absolute atomic E-state index is 0.422. The van der Waals surface area contributed by atoms with Gasteiger partial charge in [0.2, 0.25) is 12.0 Å². The van der Waals surface area contributed by atoms with Crippen molar-refractivity contribution in [3.63, 3.8) is 0 Å². The number of hydrogen-bond donors (Lipinski definition) is 4. The van der Waals surface area contributed by atoms with E-state index in [0.717, 1.165) is 24.0 Å². The maximum absolute atomic E-state index is 10.1. The molecule has 1 saturated heterocycles. The van der Waals surface area contributed by atoms with Crippen LogP contribution in [0.1, 0.15) is 11.1 Å². The van der Waals surface area contributed by atoms with E-state index in [0.29, 0.717) is 23.0 Å². The van der Waals surface area contributed by atoms with E-state index in [-0.39, 0.29) is 0 Å². The second-order valence-corrected chi connectivity index (χ2v) is 7.49. The van der Waals surface area contributed by atoms with Gasteiger partial charge in [-0.15, -0.1) is 0 Å². The predicted molar refractivity (Wildman–Crippen MR) is 114 cm³/mol. The Labute approximate surface area is 186 Å². The van der Waals surface area contributed by atoms with Crippen LogP contribution in [0, 0.1) is 0 Å². The Hall–Kier alpha value is -2.56. The van der Waals surface area contributed by atoms with E-state index in [1.54, 1.807) is 33.5 Å².